The molecule has 0 spiro atoms. The lowest BCUT2D eigenvalue weighted by Crippen LogP contribution is -2.53. The quantitative estimate of drug-likeness (QED) is 0.823. The average Bonchev–Trinajstić information content (AvgIpc) is 2.81. The minimum Gasteiger partial charge on any atom is -0.379 e. The monoisotopic (exact) mass is 396 g/mol. The first-order valence-corrected chi connectivity index (χ1v) is 10.2. The fraction of sp³-hybridized carbons (Fsp3) is 0.476. The second-order valence-electron chi connectivity index (χ2n) is 7.30. The molecule has 4 heterocycles. The molecule has 2 fully saturated rings. The highest BCUT2D eigenvalue weighted by molar-refractivity contribution is 5.74. The van der Waals surface area contributed by atoms with Crippen molar-refractivity contribution < 1.29 is 9.53 Å². The molecule has 0 bridgehead atoms. The number of carbonyl (C=O) groups excluding carboxylic acids is 1. The minimum absolute atomic E-state index is 0.00665. The number of anilines is 1. The Labute approximate surface area is 171 Å². The van der Waals surface area contributed by atoms with Crippen LogP contribution in [-0.4, -0.2) is 84.8 Å². The lowest BCUT2D eigenvalue weighted by atomic mass is 10.1. The van der Waals surface area contributed by atoms with E-state index in [-0.39, 0.29) is 12.1 Å². The number of urea groups is 1. The fourth-order valence-electron chi connectivity index (χ4n) is 3.90. The maximum absolute atomic E-state index is 12.8. The number of hydrogen-bond donors (Lipinski definition) is 1. The Morgan fingerprint density at radius 2 is 1.86 bits per heavy atom. The molecule has 4 rings (SSSR count). The topological polar surface area (TPSA) is 73.8 Å². The summed E-state index contributed by atoms with van der Waals surface area (Å²) in [5.74, 6) is 0.969. The third-order valence-corrected chi connectivity index (χ3v) is 5.54. The Bertz CT molecular complexity index is 761. The van der Waals surface area contributed by atoms with E-state index in [9.17, 15) is 4.79 Å². The maximum Gasteiger partial charge on any atom is 0.317 e. The number of nitrogens with zero attached hydrogens (tertiary/aromatic N) is 5. The molecule has 2 aromatic rings. The Balaban J connectivity index is 1.32. The van der Waals surface area contributed by atoms with Gasteiger partial charge in [0.1, 0.15) is 5.82 Å². The molecule has 0 aliphatic carbocycles. The molecule has 2 aliphatic rings. The summed E-state index contributed by atoms with van der Waals surface area (Å²) in [5.41, 5.74) is 1.12. The van der Waals surface area contributed by atoms with Crippen LogP contribution in [0.3, 0.4) is 0 Å². The number of amides is 2. The zero-order valence-electron chi connectivity index (χ0n) is 16.6. The van der Waals surface area contributed by atoms with E-state index in [0.717, 1.165) is 50.8 Å². The number of pyridine rings is 2. The number of hydrogen-bond acceptors (Lipinski definition) is 6. The van der Waals surface area contributed by atoms with Gasteiger partial charge in [-0.1, -0.05) is 12.1 Å². The number of aromatic nitrogens is 2. The number of morpholine rings is 1. The summed E-state index contributed by atoms with van der Waals surface area (Å²) in [6.07, 6.45) is 5.47. The number of ether oxygens (including phenoxy) is 1. The molecule has 29 heavy (non-hydrogen) atoms. The Kier molecular flexibility index (Phi) is 6.53. The first-order valence-electron chi connectivity index (χ1n) is 10.2. The Hall–Kier alpha value is -2.71. The van der Waals surface area contributed by atoms with E-state index in [4.69, 9.17) is 4.74 Å². The van der Waals surface area contributed by atoms with Crippen molar-refractivity contribution >= 4 is 11.8 Å². The van der Waals surface area contributed by atoms with Crippen molar-refractivity contribution in [3.05, 3.63) is 54.5 Å². The second-order valence-corrected chi connectivity index (χ2v) is 7.30. The minimum atomic E-state index is -0.00665. The number of piperazine rings is 1. The van der Waals surface area contributed by atoms with Gasteiger partial charge in [-0.25, -0.2) is 9.78 Å². The molecule has 2 saturated heterocycles. The van der Waals surface area contributed by atoms with Crippen LogP contribution in [0, 0.1) is 0 Å². The molecule has 2 amide bonds. The highest BCUT2D eigenvalue weighted by Gasteiger charge is 2.26. The number of nitrogens with one attached hydrogen (secondary N) is 1. The smallest absolute Gasteiger partial charge is 0.317 e. The molecule has 2 aliphatic heterocycles. The van der Waals surface area contributed by atoms with Crippen molar-refractivity contribution in [2.24, 2.45) is 0 Å². The van der Waals surface area contributed by atoms with Gasteiger partial charge in [-0.15, -0.1) is 0 Å². The van der Waals surface area contributed by atoms with Crippen LogP contribution in [0.5, 0.6) is 0 Å². The van der Waals surface area contributed by atoms with E-state index in [0.29, 0.717) is 19.6 Å². The molecule has 154 valence electrons. The summed E-state index contributed by atoms with van der Waals surface area (Å²) in [6, 6.07) is 10.0. The van der Waals surface area contributed by atoms with Crippen molar-refractivity contribution in [1.29, 1.82) is 0 Å². The van der Waals surface area contributed by atoms with Gasteiger partial charge in [0.25, 0.3) is 0 Å². The van der Waals surface area contributed by atoms with Gasteiger partial charge in [0.15, 0.2) is 0 Å². The lowest BCUT2D eigenvalue weighted by Gasteiger charge is -2.37. The summed E-state index contributed by atoms with van der Waals surface area (Å²) in [7, 11) is 0. The normalized spacial score (nSPS) is 19.0. The number of carbonyl (C=O) groups is 1. The van der Waals surface area contributed by atoms with Gasteiger partial charge in [0.2, 0.25) is 0 Å². The van der Waals surface area contributed by atoms with Gasteiger partial charge in [-0.05, 0) is 23.8 Å². The van der Waals surface area contributed by atoms with Crippen LogP contribution >= 0.6 is 0 Å². The molecule has 8 nitrogen and oxygen atoms in total. The molecule has 1 atom stereocenters. The second kappa shape index (κ2) is 9.67. The molecular formula is C21H28N6O2. The predicted molar refractivity (Wildman–Crippen MR) is 111 cm³/mol. The molecule has 1 N–H and O–H groups in total. The highest BCUT2D eigenvalue weighted by atomic mass is 16.5. The van der Waals surface area contributed by atoms with Crippen molar-refractivity contribution in [3.8, 4) is 0 Å². The van der Waals surface area contributed by atoms with Crippen LogP contribution in [0.4, 0.5) is 10.6 Å². The van der Waals surface area contributed by atoms with Gasteiger partial charge in [0, 0.05) is 64.4 Å². The highest BCUT2D eigenvalue weighted by Crippen LogP contribution is 2.20. The van der Waals surface area contributed by atoms with Crippen molar-refractivity contribution in [1.82, 2.24) is 25.1 Å². The molecule has 8 heteroatoms. The zero-order chi connectivity index (χ0) is 19.9. The van der Waals surface area contributed by atoms with E-state index >= 15 is 0 Å². The largest absolute Gasteiger partial charge is 0.379 e. The molecular weight excluding hydrogens is 368 g/mol. The van der Waals surface area contributed by atoms with Crippen molar-refractivity contribution in [2.75, 3.05) is 63.9 Å². The van der Waals surface area contributed by atoms with E-state index in [2.05, 4.69) is 31.2 Å². The third kappa shape index (κ3) is 5.02. The van der Waals surface area contributed by atoms with E-state index in [1.54, 1.807) is 12.4 Å². The van der Waals surface area contributed by atoms with Crippen LogP contribution in [0.2, 0.25) is 0 Å². The summed E-state index contributed by atoms with van der Waals surface area (Å²) in [5, 5.41) is 3.15. The SMILES string of the molecule is O=C(NC[C@@H](c1cccnc1)N1CCOCC1)N1CCN(c2ccccn2)CC1. The van der Waals surface area contributed by atoms with Gasteiger partial charge < -0.3 is 19.9 Å². The zero-order valence-corrected chi connectivity index (χ0v) is 16.6. The van der Waals surface area contributed by atoms with Crippen LogP contribution < -0.4 is 10.2 Å². The third-order valence-electron chi connectivity index (χ3n) is 5.54. The van der Waals surface area contributed by atoms with Crippen molar-refractivity contribution in [3.63, 3.8) is 0 Å². The maximum atomic E-state index is 12.8. The molecule has 0 unspecified atom stereocenters. The standard InChI is InChI=1S/C21H28N6O2/c28-21(27-10-8-26(9-11-27)20-5-1-2-7-23-20)24-17-19(18-4-3-6-22-16-18)25-12-14-29-15-13-25/h1-7,16,19H,8-15,17H2,(H,24,28)/t19-/m0/s1. The van der Waals surface area contributed by atoms with E-state index in [1.807, 2.05) is 35.4 Å². The van der Waals surface area contributed by atoms with Crippen molar-refractivity contribution in [2.45, 2.75) is 6.04 Å². The van der Waals surface area contributed by atoms with Crippen LogP contribution in [0.1, 0.15) is 11.6 Å². The van der Waals surface area contributed by atoms with E-state index < -0.39 is 0 Å². The molecule has 0 saturated carbocycles. The summed E-state index contributed by atoms with van der Waals surface area (Å²) >= 11 is 0. The van der Waals surface area contributed by atoms with Crippen LogP contribution in [0.25, 0.3) is 0 Å². The van der Waals surface area contributed by atoms with Gasteiger partial charge in [-0.2, -0.15) is 0 Å². The van der Waals surface area contributed by atoms with Crippen LogP contribution in [0.15, 0.2) is 48.9 Å². The molecule has 2 aromatic heterocycles. The Morgan fingerprint density at radius 3 is 2.55 bits per heavy atom. The van der Waals surface area contributed by atoms with E-state index in [1.165, 1.54) is 0 Å². The molecule has 0 radical (unpaired) electrons. The van der Waals surface area contributed by atoms with Gasteiger partial charge >= 0.3 is 6.03 Å². The first kappa shape index (κ1) is 19.6. The summed E-state index contributed by atoms with van der Waals surface area (Å²) in [4.78, 5) is 27.9. The summed E-state index contributed by atoms with van der Waals surface area (Å²) in [6.45, 7) is 6.69. The lowest BCUT2D eigenvalue weighted by molar-refractivity contribution is 0.0164. The fourth-order valence-corrected chi connectivity index (χ4v) is 3.90. The predicted octanol–water partition coefficient (Wildman–Crippen LogP) is 1.38. The van der Waals surface area contributed by atoms with Crippen LogP contribution in [-0.2, 0) is 4.74 Å². The average molecular weight is 396 g/mol. The van der Waals surface area contributed by atoms with Gasteiger partial charge in [0.05, 0.1) is 19.3 Å². The van der Waals surface area contributed by atoms with Gasteiger partial charge in [-0.3, -0.25) is 9.88 Å². The Morgan fingerprint density at radius 1 is 1.03 bits per heavy atom. The molecule has 0 aromatic carbocycles. The number of rotatable bonds is 5. The summed E-state index contributed by atoms with van der Waals surface area (Å²) < 4.78 is 5.49. The first-order chi connectivity index (χ1) is 14.3.